The maximum absolute atomic E-state index is 14.2. The molecular formula is C15H14F4N4O2. The van der Waals surface area contributed by atoms with Gasteiger partial charge >= 0.3 is 6.18 Å². The number of aromatic amines is 1. The molecule has 6 nitrogen and oxygen atoms in total. The number of alkyl halides is 3. The van der Waals surface area contributed by atoms with E-state index in [1.807, 2.05) is 4.90 Å². The van der Waals surface area contributed by atoms with Crippen LogP contribution in [0.1, 0.15) is 16.2 Å². The number of nitrogens with one attached hydrogen (secondary N) is 2. The molecule has 2 aromatic rings. The van der Waals surface area contributed by atoms with Crippen molar-refractivity contribution in [1.29, 1.82) is 0 Å². The molecule has 0 bridgehead atoms. The number of halogens is 4. The third-order valence-corrected chi connectivity index (χ3v) is 3.67. The van der Waals surface area contributed by atoms with E-state index in [0.717, 1.165) is 6.07 Å². The predicted molar refractivity (Wildman–Crippen MR) is 81.0 cm³/mol. The first-order chi connectivity index (χ1) is 11.8. The zero-order valence-corrected chi connectivity index (χ0v) is 12.9. The molecule has 0 unspecified atom stereocenters. The van der Waals surface area contributed by atoms with E-state index in [0.29, 0.717) is 38.1 Å². The normalized spacial score (nSPS) is 15.3. The highest BCUT2D eigenvalue weighted by Crippen LogP contribution is 2.28. The van der Waals surface area contributed by atoms with E-state index in [2.05, 4.69) is 10.4 Å². The van der Waals surface area contributed by atoms with Gasteiger partial charge in [-0.05, 0) is 18.2 Å². The maximum atomic E-state index is 14.2. The van der Waals surface area contributed by atoms with Crippen LogP contribution in [0.3, 0.4) is 0 Å². The van der Waals surface area contributed by atoms with Crippen LogP contribution in [0.4, 0.5) is 28.9 Å². The summed E-state index contributed by atoms with van der Waals surface area (Å²) in [6.45, 7) is 2.10. The minimum atomic E-state index is -4.63. The van der Waals surface area contributed by atoms with Crippen LogP contribution in [0.15, 0.2) is 24.3 Å². The number of carbonyl (C=O) groups excluding carboxylic acids is 1. The third-order valence-electron chi connectivity index (χ3n) is 3.67. The van der Waals surface area contributed by atoms with Crippen LogP contribution in [0.25, 0.3) is 0 Å². The van der Waals surface area contributed by atoms with Gasteiger partial charge in [0.1, 0.15) is 11.5 Å². The molecule has 1 fully saturated rings. The molecule has 134 valence electrons. The molecule has 2 heterocycles. The van der Waals surface area contributed by atoms with Crippen LogP contribution >= 0.6 is 0 Å². The summed E-state index contributed by atoms with van der Waals surface area (Å²) < 4.78 is 56.9. The number of amides is 1. The van der Waals surface area contributed by atoms with Gasteiger partial charge in [-0.2, -0.15) is 18.3 Å². The zero-order valence-electron chi connectivity index (χ0n) is 12.9. The summed E-state index contributed by atoms with van der Waals surface area (Å²) in [5.74, 6) is -1.41. The summed E-state index contributed by atoms with van der Waals surface area (Å²) in [6.07, 6.45) is -4.63. The second-order valence-corrected chi connectivity index (χ2v) is 5.38. The number of nitrogens with zero attached hydrogens (tertiary/aromatic N) is 2. The van der Waals surface area contributed by atoms with Crippen LogP contribution in [0.5, 0.6) is 0 Å². The van der Waals surface area contributed by atoms with Gasteiger partial charge in [0.05, 0.1) is 18.9 Å². The lowest BCUT2D eigenvalue weighted by molar-refractivity contribution is -0.141. The Morgan fingerprint density at radius 3 is 2.56 bits per heavy atom. The van der Waals surface area contributed by atoms with Gasteiger partial charge in [-0.25, -0.2) is 4.39 Å². The summed E-state index contributed by atoms with van der Waals surface area (Å²) in [6, 6.07) is 4.68. The Hall–Kier alpha value is -2.62. The summed E-state index contributed by atoms with van der Waals surface area (Å²) in [4.78, 5) is 13.8. The highest BCUT2D eigenvalue weighted by molar-refractivity contribution is 6.03. The van der Waals surface area contributed by atoms with Crippen molar-refractivity contribution >= 4 is 17.3 Å². The highest BCUT2D eigenvalue weighted by atomic mass is 19.4. The molecule has 1 aromatic heterocycles. The summed E-state index contributed by atoms with van der Waals surface area (Å²) >= 11 is 0. The van der Waals surface area contributed by atoms with Crippen LogP contribution in [0, 0.1) is 5.82 Å². The van der Waals surface area contributed by atoms with E-state index < -0.39 is 29.3 Å². The standard InChI is InChI=1S/C15H14F4N4O2/c16-10-7-9(1-2-12(10)23-3-5-25-6-4-23)20-14(24)11-8-13(22-21-11)15(17,18)19/h1-2,7-8H,3-6H2,(H,20,24)(H,21,22). The number of anilines is 2. The van der Waals surface area contributed by atoms with Gasteiger partial charge in [-0.15, -0.1) is 0 Å². The molecule has 3 rings (SSSR count). The van der Waals surface area contributed by atoms with Gasteiger partial charge in [-0.1, -0.05) is 0 Å². The van der Waals surface area contributed by atoms with Crippen molar-refractivity contribution in [1.82, 2.24) is 10.2 Å². The predicted octanol–water partition coefficient (Wildman–Crippen LogP) is 2.66. The number of H-pyrrole nitrogens is 1. The average molecular weight is 358 g/mol. The van der Waals surface area contributed by atoms with Crippen molar-refractivity contribution in [2.45, 2.75) is 6.18 Å². The van der Waals surface area contributed by atoms with Crippen molar-refractivity contribution in [3.63, 3.8) is 0 Å². The van der Waals surface area contributed by atoms with Crippen molar-refractivity contribution < 1.29 is 27.1 Å². The average Bonchev–Trinajstić information content (AvgIpc) is 3.06. The number of ether oxygens (including phenoxy) is 1. The number of benzene rings is 1. The molecule has 10 heteroatoms. The molecule has 25 heavy (non-hydrogen) atoms. The molecule has 0 atom stereocenters. The molecule has 1 amide bonds. The Labute approximate surface area is 139 Å². The van der Waals surface area contributed by atoms with Gasteiger partial charge in [0, 0.05) is 24.8 Å². The second-order valence-electron chi connectivity index (χ2n) is 5.38. The summed E-state index contributed by atoms with van der Waals surface area (Å²) in [5.41, 5.74) is -1.08. The molecule has 2 N–H and O–H groups in total. The minimum Gasteiger partial charge on any atom is -0.378 e. The number of hydrogen-bond acceptors (Lipinski definition) is 4. The van der Waals surface area contributed by atoms with Crippen LogP contribution in [0.2, 0.25) is 0 Å². The first kappa shape index (κ1) is 17.2. The molecule has 1 saturated heterocycles. The molecule has 0 saturated carbocycles. The van der Waals surface area contributed by atoms with Gasteiger partial charge < -0.3 is 15.0 Å². The molecular weight excluding hydrogens is 344 g/mol. The molecule has 1 aliphatic rings. The fourth-order valence-electron chi connectivity index (χ4n) is 2.42. The van der Waals surface area contributed by atoms with Crippen LogP contribution in [-0.2, 0) is 10.9 Å². The largest absolute Gasteiger partial charge is 0.432 e. The zero-order chi connectivity index (χ0) is 18.0. The second kappa shape index (κ2) is 6.71. The van der Waals surface area contributed by atoms with Gasteiger partial charge in [0.25, 0.3) is 5.91 Å². The number of carbonyl (C=O) groups is 1. The lowest BCUT2D eigenvalue weighted by atomic mass is 10.2. The van der Waals surface area contributed by atoms with E-state index in [4.69, 9.17) is 4.74 Å². The Morgan fingerprint density at radius 1 is 1.24 bits per heavy atom. The first-order valence-electron chi connectivity index (χ1n) is 7.41. The lowest BCUT2D eigenvalue weighted by Gasteiger charge is -2.29. The van der Waals surface area contributed by atoms with E-state index in [9.17, 15) is 22.4 Å². The Balaban J connectivity index is 1.71. The Kier molecular flexibility index (Phi) is 4.62. The van der Waals surface area contributed by atoms with Crippen LogP contribution in [-0.4, -0.2) is 42.4 Å². The first-order valence-corrected chi connectivity index (χ1v) is 7.41. The van der Waals surface area contributed by atoms with Crippen LogP contribution < -0.4 is 10.2 Å². The number of morpholine rings is 1. The van der Waals surface area contributed by atoms with Crippen molar-refractivity contribution in [2.24, 2.45) is 0 Å². The smallest absolute Gasteiger partial charge is 0.378 e. The quantitative estimate of drug-likeness (QED) is 0.828. The van der Waals surface area contributed by atoms with E-state index in [1.54, 1.807) is 5.10 Å². The fraction of sp³-hybridized carbons (Fsp3) is 0.333. The Bertz CT molecular complexity index is 769. The molecule has 1 aromatic carbocycles. The molecule has 1 aliphatic heterocycles. The van der Waals surface area contributed by atoms with Gasteiger partial charge in [0.15, 0.2) is 5.69 Å². The SMILES string of the molecule is O=C(Nc1ccc(N2CCOCC2)c(F)c1)c1cc(C(F)(F)F)[nH]n1. The monoisotopic (exact) mass is 358 g/mol. The topological polar surface area (TPSA) is 70.2 Å². The van der Waals surface area contributed by atoms with Gasteiger partial charge in [0.2, 0.25) is 0 Å². The van der Waals surface area contributed by atoms with Crippen molar-refractivity contribution in [3.8, 4) is 0 Å². The number of rotatable bonds is 3. The van der Waals surface area contributed by atoms with E-state index in [1.165, 1.54) is 12.1 Å². The molecule has 0 radical (unpaired) electrons. The molecule has 0 aliphatic carbocycles. The minimum absolute atomic E-state index is 0.121. The summed E-state index contributed by atoms with van der Waals surface area (Å²) in [5, 5.41) is 7.39. The van der Waals surface area contributed by atoms with Crippen molar-refractivity contribution in [3.05, 3.63) is 41.5 Å². The van der Waals surface area contributed by atoms with Crippen molar-refractivity contribution in [2.75, 3.05) is 36.5 Å². The third kappa shape index (κ3) is 3.90. The van der Waals surface area contributed by atoms with Gasteiger partial charge in [-0.3, -0.25) is 9.89 Å². The number of hydrogen-bond donors (Lipinski definition) is 2. The van der Waals surface area contributed by atoms with E-state index >= 15 is 0 Å². The highest BCUT2D eigenvalue weighted by Gasteiger charge is 2.33. The molecule has 0 spiro atoms. The summed E-state index contributed by atoms with van der Waals surface area (Å²) in [7, 11) is 0. The lowest BCUT2D eigenvalue weighted by Crippen LogP contribution is -2.36. The maximum Gasteiger partial charge on any atom is 0.432 e. The van der Waals surface area contributed by atoms with E-state index in [-0.39, 0.29) is 5.69 Å². The fourth-order valence-corrected chi connectivity index (χ4v) is 2.42. The Morgan fingerprint density at radius 2 is 1.96 bits per heavy atom. The number of aromatic nitrogens is 2.